The van der Waals surface area contributed by atoms with Crippen LogP contribution in [0, 0.1) is 0 Å². The number of rotatable bonds is 3. The van der Waals surface area contributed by atoms with Gasteiger partial charge in [0.1, 0.15) is 0 Å². The summed E-state index contributed by atoms with van der Waals surface area (Å²) < 4.78 is 0. The summed E-state index contributed by atoms with van der Waals surface area (Å²) in [6.07, 6.45) is 4.36. The first-order chi connectivity index (χ1) is 7.72. The second-order valence-electron chi connectivity index (χ2n) is 4.52. The Morgan fingerprint density at radius 1 is 1.56 bits per heavy atom. The molecule has 2 N–H and O–H groups in total. The Hall–Kier alpha value is -1.28. The Bertz CT molecular complexity index is 382. The predicted octanol–water partition coefficient (Wildman–Crippen LogP) is 2.64. The highest BCUT2D eigenvalue weighted by Gasteiger charge is 2.16. The van der Waals surface area contributed by atoms with Crippen molar-refractivity contribution in [2.24, 2.45) is 5.73 Å². The minimum Gasteiger partial charge on any atom is -0.368 e. The van der Waals surface area contributed by atoms with E-state index in [1.165, 1.54) is 29.7 Å². The number of nitrogens with two attached hydrogens (primary N) is 1. The molecule has 1 unspecified atom stereocenters. The van der Waals surface area contributed by atoms with Crippen LogP contribution >= 0.6 is 0 Å². The lowest BCUT2D eigenvalue weighted by atomic mass is 9.97. The zero-order valence-corrected chi connectivity index (χ0v) is 9.95. The Labute approximate surface area is 97.8 Å². The van der Waals surface area contributed by atoms with Crippen LogP contribution in [0.1, 0.15) is 30.5 Å². The van der Waals surface area contributed by atoms with Crippen LogP contribution in [-0.4, -0.2) is 13.1 Å². The van der Waals surface area contributed by atoms with Crippen molar-refractivity contribution >= 4 is 5.69 Å². The van der Waals surface area contributed by atoms with Gasteiger partial charge in [-0.05, 0) is 37.0 Å². The Balaban J connectivity index is 2.32. The topological polar surface area (TPSA) is 29.3 Å². The second kappa shape index (κ2) is 4.71. The first kappa shape index (κ1) is 11.2. The van der Waals surface area contributed by atoms with Gasteiger partial charge >= 0.3 is 0 Å². The first-order valence-electron chi connectivity index (χ1n) is 5.96. The number of aryl methyl sites for hydroxylation is 1. The molecule has 1 atom stereocenters. The van der Waals surface area contributed by atoms with Gasteiger partial charge in [0.25, 0.3) is 0 Å². The highest BCUT2D eigenvalue weighted by atomic mass is 15.1. The summed E-state index contributed by atoms with van der Waals surface area (Å²) in [6.45, 7) is 7.92. The summed E-state index contributed by atoms with van der Waals surface area (Å²) in [7, 11) is 0. The van der Waals surface area contributed by atoms with Gasteiger partial charge in [-0.15, -0.1) is 6.58 Å². The molecule has 0 saturated heterocycles. The van der Waals surface area contributed by atoms with Crippen LogP contribution in [0.3, 0.4) is 0 Å². The van der Waals surface area contributed by atoms with Crippen molar-refractivity contribution in [2.45, 2.75) is 25.8 Å². The monoisotopic (exact) mass is 216 g/mol. The third kappa shape index (κ3) is 2.12. The molecule has 0 amide bonds. The van der Waals surface area contributed by atoms with Gasteiger partial charge in [-0.25, -0.2) is 0 Å². The van der Waals surface area contributed by atoms with Crippen molar-refractivity contribution in [3.63, 3.8) is 0 Å². The van der Waals surface area contributed by atoms with Gasteiger partial charge in [0.05, 0.1) is 0 Å². The summed E-state index contributed by atoms with van der Waals surface area (Å²) in [6, 6.07) is 6.73. The Morgan fingerprint density at radius 3 is 3.06 bits per heavy atom. The highest BCUT2D eigenvalue weighted by Crippen LogP contribution is 2.29. The molecule has 1 aliphatic heterocycles. The van der Waals surface area contributed by atoms with E-state index in [0.717, 1.165) is 13.1 Å². The molecule has 0 aromatic heterocycles. The van der Waals surface area contributed by atoms with Crippen molar-refractivity contribution in [3.05, 3.63) is 42.0 Å². The maximum Gasteiger partial charge on any atom is 0.0401 e. The molecule has 2 nitrogen and oxygen atoms in total. The average Bonchev–Trinajstić information content (AvgIpc) is 2.29. The van der Waals surface area contributed by atoms with Crippen molar-refractivity contribution in [1.29, 1.82) is 0 Å². The number of hydrogen-bond acceptors (Lipinski definition) is 2. The minimum atomic E-state index is 0.125. The molecule has 2 rings (SSSR count). The van der Waals surface area contributed by atoms with Crippen LogP contribution in [0.25, 0.3) is 0 Å². The van der Waals surface area contributed by atoms with Crippen molar-refractivity contribution < 1.29 is 0 Å². The third-order valence-corrected chi connectivity index (χ3v) is 3.19. The van der Waals surface area contributed by atoms with E-state index in [1.54, 1.807) is 0 Å². The van der Waals surface area contributed by atoms with Crippen LogP contribution in [-0.2, 0) is 6.42 Å². The average molecular weight is 216 g/mol. The summed E-state index contributed by atoms with van der Waals surface area (Å²) >= 11 is 0. The van der Waals surface area contributed by atoms with E-state index in [2.05, 4.69) is 29.7 Å². The van der Waals surface area contributed by atoms with Gasteiger partial charge < -0.3 is 10.6 Å². The zero-order chi connectivity index (χ0) is 11.5. The van der Waals surface area contributed by atoms with Gasteiger partial charge in [0.15, 0.2) is 0 Å². The summed E-state index contributed by atoms with van der Waals surface area (Å²) in [5.41, 5.74) is 9.94. The van der Waals surface area contributed by atoms with Crippen molar-refractivity contribution in [2.75, 3.05) is 18.0 Å². The maximum atomic E-state index is 5.91. The number of benzene rings is 1. The SMILES string of the molecule is C=CCN1CCCc2cc(C(C)N)ccc21. The van der Waals surface area contributed by atoms with Gasteiger partial charge in [-0.3, -0.25) is 0 Å². The number of hydrogen-bond donors (Lipinski definition) is 1. The number of nitrogens with zero attached hydrogens (tertiary/aromatic N) is 1. The molecule has 1 aromatic rings. The zero-order valence-electron chi connectivity index (χ0n) is 9.95. The molecular weight excluding hydrogens is 196 g/mol. The summed E-state index contributed by atoms with van der Waals surface area (Å²) in [5.74, 6) is 0. The smallest absolute Gasteiger partial charge is 0.0401 e. The van der Waals surface area contributed by atoms with Crippen LogP contribution in [0.15, 0.2) is 30.9 Å². The summed E-state index contributed by atoms with van der Waals surface area (Å²) in [4.78, 5) is 2.39. The van der Waals surface area contributed by atoms with Gasteiger partial charge in [-0.2, -0.15) is 0 Å². The molecule has 1 heterocycles. The standard InChI is InChI=1S/C14H20N2/c1-3-8-16-9-4-5-13-10-12(11(2)15)6-7-14(13)16/h3,6-7,10-11H,1,4-5,8-9,15H2,2H3. The molecule has 0 bridgehead atoms. The molecule has 16 heavy (non-hydrogen) atoms. The third-order valence-electron chi connectivity index (χ3n) is 3.19. The molecular formula is C14H20N2. The first-order valence-corrected chi connectivity index (χ1v) is 5.96. The van der Waals surface area contributed by atoms with E-state index in [4.69, 9.17) is 5.73 Å². The number of anilines is 1. The largest absolute Gasteiger partial charge is 0.368 e. The lowest BCUT2D eigenvalue weighted by Crippen LogP contribution is -2.29. The summed E-state index contributed by atoms with van der Waals surface area (Å²) in [5, 5.41) is 0. The molecule has 0 spiro atoms. The van der Waals surface area contributed by atoms with E-state index in [0.29, 0.717) is 0 Å². The normalized spacial score (nSPS) is 16.8. The maximum absolute atomic E-state index is 5.91. The lowest BCUT2D eigenvalue weighted by molar-refractivity contribution is 0.717. The lowest BCUT2D eigenvalue weighted by Gasteiger charge is -2.31. The fraction of sp³-hybridized carbons (Fsp3) is 0.429. The second-order valence-corrected chi connectivity index (χ2v) is 4.52. The van der Waals surface area contributed by atoms with Gasteiger partial charge in [0.2, 0.25) is 0 Å². The van der Waals surface area contributed by atoms with Crippen LogP contribution in [0.5, 0.6) is 0 Å². The predicted molar refractivity (Wildman–Crippen MR) is 69.8 cm³/mol. The quantitative estimate of drug-likeness (QED) is 0.787. The van der Waals surface area contributed by atoms with Crippen molar-refractivity contribution in [1.82, 2.24) is 0 Å². The van der Waals surface area contributed by atoms with E-state index >= 15 is 0 Å². The van der Waals surface area contributed by atoms with E-state index in [-0.39, 0.29) is 6.04 Å². The molecule has 1 aliphatic rings. The van der Waals surface area contributed by atoms with E-state index in [9.17, 15) is 0 Å². The molecule has 86 valence electrons. The van der Waals surface area contributed by atoms with E-state index in [1.807, 2.05) is 13.0 Å². The molecule has 2 heteroatoms. The fourth-order valence-electron chi connectivity index (χ4n) is 2.32. The number of fused-ring (bicyclic) bond motifs is 1. The van der Waals surface area contributed by atoms with Crippen LogP contribution in [0.4, 0.5) is 5.69 Å². The van der Waals surface area contributed by atoms with Gasteiger partial charge in [0, 0.05) is 24.8 Å². The Morgan fingerprint density at radius 2 is 2.38 bits per heavy atom. The Kier molecular flexibility index (Phi) is 3.30. The van der Waals surface area contributed by atoms with Crippen LogP contribution in [0.2, 0.25) is 0 Å². The van der Waals surface area contributed by atoms with Gasteiger partial charge in [-0.1, -0.05) is 18.2 Å². The minimum absolute atomic E-state index is 0.125. The molecule has 0 fully saturated rings. The van der Waals surface area contributed by atoms with Crippen LogP contribution < -0.4 is 10.6 Å². The fourth-order valence-corrected chi connectivity index (χ4v) is 2.32. The molecule has 0 aliphatic carbocycles. The molecule has 0 saturated carbocycles. The van der Waals surface area contributed by atoms with Crippen molar-refractivity contribution in [3.8, 4) is 0 Å². The highest BCUT2D eigenvalue weighted by molar-refractivity contribution is 5.57. The molecule has 0 radical (unpaired) electrons. The molecule has 1 aromatic carbocycles. The van der Waals surface area contributed by atoms with E-state index < -0.39 is 0 Å².